The summed E-state index contributed by atoms with van der Waals surface area (Å²) in [5.74, 6) is 0.896. The lowest BCUT2D eigenvalue weighted by atomic mass is 9.86. The maximum atomic E-state index is 12.3. The molecule has 0 spiro atoms. The van der Waals surface area contributed by atoms with E-state index in [1.165, 1.54) is 39.2 Å². The molecule has 0 aromatic carbocycles. The van der Waals surface area contributed by atoms with Gasteiger partial charge in [0, 0.05) is 39.7 Å². The quantitative estimate of drug-likeness (QED) is 0.790. The van der Waals surface area contributed by atoms with Crippen molar-refractivity contribution < 1.29 is 14.3 Å². The molecule has 6 nitrogen and oxygen atoms in total. The smallest absolute Gasteiger partial charge is 0.241 e. The van der Waals surface area contributed by atoms with Crippen LogP contribution < -0.4 is 5.73 Å². The van der Waals surface area contributed by atoms with E-state index >= 15 is 0 Å². The molecule has 2 amide bonds. The first-order chi connectivity index (χ1) is 11.1. The molecular weight excluding hydrogens is 294 g/mol. The average Bonchev–Trinajstić information content (AvgIpc) is 2.60. The third kappa shape index (κ3) is 5.46. The zero-order valence-corrected chi connectivity index (χ0v) is 14.3. The standard InChI is InChI=1S/C17H31N3O3/c1-23-13-15(18)17(22)20-11-9-19(10-12-20)16(21)8-7-14-5-3-2-4-6-14/h14-15H,2-13,18H2,1H3. The number of hydrogen-bond acceptors (Lipinski definition) is 4. The van der Waals surface area contributed by atoms with Gasteiger partial charge in [0.25, 0.3) is 0 Å². The SMILES string of the molecule is COCC(N)C(=O)N1CCN(C(=O)CCC2CCCCC2)CC1. The number of ether oxygens (including phenoxy) is 1. The van der Waals surface area contributed by atoms with E-state index in [4.69, 9.17) is 10.5 Å². The highest BCUT2D eigenvalue weighted by atomic mass is 16.5. The Hall–Kier alpha value is -1.14. The van der Waals surface area contributed by atoms with Gasteiger partial charge in [0.05, 0.1) is 6.61 Å². The molecule has 1 heterocycles. The molecule has 1 aliphatic carbocycles. The topological polar surface area (TPSA) is 75.9 Å². The van der Waals surface area contributed by atoms with E-state index in [1.807, 2.05) is 4.90 Å². The number of amides is 2. The molecule has 1 aliphatic heterocycles. The van der Waals surface area contributed by atoms with Crippen molar-refractivity contribution in [3.63, 3.8) is 0 Å². The highest BCUT2D eigenvalue weighted by Gasteiger charge is 2.27. The second kappa shape index (κ2) is 9.23. The van der Waals surface area contributed by atoms with Crippen LogP contribution in [0.4, 0.5) is 0 Å². The predicted octanol–water partition coefficient (Wildman–Crippen LogP) is 0.991. The normalized spacial score (nSPS) is 21.3. The number of piperazine rings is 1. The van der Waals surface area contributed by atoms with Gasteiger partial charge >= 0.3 is 0 Å². The Morgan fingerprint density at radius 1 is 1.09 bits per heavy atom. The molecule has 2 aliphatic rings. The van der Waals surface area contributed by atoms with Crippen LogP contribution in [0, 0.1) is 5.92 Å². The Balaban J connectivity index is 1.68. The fourth-order valence-corrected chi connectivity index (χ4v) is 3.62. The minimum absolute atomic E-state index is 0.0823. The van der Waals surface area contributed by atoms with Crippen molar-refractivity contribution >= 4 is 11.8 Å². The average molecular weight is 325 g/mol. The molecule has 23 heavy (non-hydrogen) atoms. The van der Waals surface area contributed by atoms with Crippen molar-refractivity contribution in [2.75, 3.05) is 39.9 Å². The zero-order valence-electron chi connectivity index (χ0n) is 14.3. The second-order valence-corrected chi connectivity index (χ2v) is 6.81. The van der Waals surface area contributed by atoms with Gasteiger partial charge in [-0.25, -0.2) is 0 Å². The summed E-state index contributed by atoms with van der Waals surface area (Å²) >= 11 is 0. The molecule has 0 aromatic heterocycles. The maximum Gasteiger partial charge on any atom is 0.241 e. The van der Waals surface area contributed by atoms with Gasteiger partial charge in [0.1, 0.15) is 6.04 Å². The van der Waals surface area contributed by atoms with Crippen LogP contribution in [0.2, 0.25) is 0 Å². The Morgan fingerprint density at radius 3 is 2.30 bits per heavy atom. The number of carbonyl (C=O) groups is 2. The Kier molecular flexibility index (Phi) is 7.30. The first-order valence-electron chi connectivity index (χ1n) is 8.93. The van der Waals surface area contributed by atoms with Crippen molar-refractivity contribution in [2.45, 2.75) is 51.0 Å². The van der Waals surface area contributed by atoms with Gasteiger partial charge in [-0.2, -0.15) is 0 Å². The highest BCUT2D eigenvalue weighted by Crippen LogP contribution is 2.27. The lowest BCUT2D eigenvalue weighted by Gasteiger charge is -2.36. The predicted molar refractivity (Wildman–Crippen MR) is 88.8 cm³/mol. The third-order valence-electron chi connectivity index (χ3n) is 5.10. The minimum atomic E-state index is -0.603. The van der Waals surface area contributed by atoms with Gasteiger partial charge in [-0.3, -0.25) is 9.59 Å². The fraction of sp³-hybridized carbons (Fsp3) is 0.882. The van der Waals surface area contributed by atoms with Crippen LogP contribution in [0.25, 0.3) is 0 Å². The van der Waals surface area contributed by atoms with E-state index < -0.39 is 6.04 Å². The second-order valence-electron chi connectivity index (χ2n) is 6.81. The lowest BCUT2D eigenvalue weighted by molar-refractivity contribution is -0.141. The molecule has 1 saturated heterocycles. The molecule has 132 valence electrons. The molecule has 2 N–H and O–H groups in total. The van der Waals surface area contributed by atoms with Crippen LogP contribution in [0.5, 0.6) is 0 Å². The summed E-state index contributed by atoms with van der Waals surface area (Å²) in [6.07, 6.45) is 8.24. The number of nitrogens with zero attached hydrogens (tertiary/aromatic N) is 2. The van der Waals surface area contributed by atoms with Crippen LogP contribution in [-0.2, 0) is 14.3 Å². The van der Waals surface area contributed by atoms with Crippen LogP contribution >= 0.6 is 0 Å². The Bertz CT molecular complexity index is 389. The van der Waals surface area contributed by atoms with Gasteiger partial charge in [-0.15, -0.1) is 0 Å². The van der Waals surface area contributed by atoms with Gasteiger partial charge in [-0.05, 0) is 12.3 Å². The molecular formula is C17H31N3O3. The molecule has 0 radical (unpaired) electrons. The van der Waals surface area contributed by atoms with Crippen LogP contribution in [-0.4, -0.2) is 67.6 Å². The van der Waals surface area contributed by atoms with E-state index in [-0.39, 0.29) is 18.4 Å². The molecule has 1 atom stereocenters. The van der Waals surface area contributed by atoms with E-state index in [9.17, 15) is 9.59 Å². The van der Waals surface area contributed by atoms with Crippen LogP contribution in [0.15, 0.2) is 0 Å². The highest BCUT2D eigenvalue weighted by molar-refractivity contribution is 5.82. The fourth-order valence-electron chi connectivity index (χ4n) is 3.62. The van der Waals surface area contributed by atoms with E-state index in [1.54, 1.807) is 4.90 Å². The van der Waals surface area contributed by atoms with Crippen molar-refractivity contribution in [3.8, 4) is 0 Å². The summed E-state index contributed by atoms with van der Waals surface area (Å²) in [5.41, 5.74) is 5.79. The minimum Gasteiger partial charge on any atom is -0.383 e. The first kappa shape index (κ1) is 18.2. The number of carbonyl (C=O) groups excluding carboxylic acids is 2. The summed E-state index contributed by atoms with van der Waals surface area (Å²) in [6.45, 7) is 2.63. The molecule has 0 aromatic rings. The lowest BCUT2D eigenvalue weighted by Crippen LogP contribution is -2.55. The van der Waals surface area contributed by atoms with Gasteiger partial charge < -0.3 is 20.3 Å². The molecule has 0 bridgehead atoms. The van der Waals surface area contributed by atoms with Gasteiger partial charge in [0.2, 0.25) is 11.8 Å². The molecule has 2 fully saturated rings. The van der Waals surface area contributed by atoms with Crippen LogP contribution in [0.1, 0.15) is 44.9 Å². The number of hydrogen-bond donors (Lipinski definition) is 1. The Morgan fingerprint density at radius 2 is 1.70 bits per heavy atom. The number of methoxy groups -OCH3 is 1. The van der Waals surface area contributed by atoms with Gasteiger partial charge in [-0.1, -0.05) is 32.1 Å². The monoisotopic (exact) mass is 325 g/mol. The Labute approximate surface area is 139 Å². The summed E-state index contributed by atoms with van der Waals surface area (Å²) in [4.78, 5) is 28.1. The summed E-state index contributed by atoms with van der Waals surface area (Å²) in [5, 5.41) is 0. The van der Waals surface area contributed by atoms with E-state index in [0.29, 0.717) is 32.6 Å². The summed E-state index contributed by atoms with van der Waals surface area (Å²) < 4.78 is 4.93. The van der Waals surface area contributed by atoms with Gasteiger partial charge in [0.15, 0.2) is 0 Å². The zero-order chi connectivity index (χ0) is 16.7. The molecule has 1 saturated carbocycles. The van der Waals surface area contributed by atoms with E-state index in [2.05, 4.69) is 0 Å². The molecule has 6 heteroatoms. The molecule has 1 unspecified atom stereocenters. The largest absolute Gasteiger partial charge is 0.383 e. The number of nitrogens with two attached hydrogens (primary N) is 1. The maximum absolute atomic E-state index is 12.3. The van der Waals surface area contributed by atoms with Crippen molar-refractivity contribution in [2.24, 2.45) is 11.7 Å². The van der Waals surface area contributed by atoms with Crippen molar-refractivity contribution in [3.05, 3.63) is 0 Å². The first-order valence-corrected chi connectivity index (χ1v) is 8.93. The van der Waals surface area contributed by atoms with Crippen LogP contribution in [0.3, 0.4) is 0 Å². The molecule has 2 rings (SSSR count). The third-order valence-corrected chi connectivity index (χ3v) is 5.10. The number of rotatable bonds is 6. The summed E-state index contributed by atoms with van der Waals surface area (Å²) in [6, 6.07) is -0.603. The summed E-state index contributed by atoms with van der Waals surface area (Å²) in [7, 11) is 1.54. The van der Waals surface area contributed by atoms with Crippen molar-refractivity contribution in [1.82, 2.24) is 9.80 Å². The van der Waals surface area contributed by atoms with Crippen molar-refractivity contribution in [1.29, 1.82) is 0 Å². The van der Waals surface area contributed by atoms with E-state index in [0.717, 1.165) is 12.3 Å².